The van der Waals surface area contributed by atoms with Crippen LogP contribution in [0.1, 0.15) is 25.3 Å². The number of ether oxygens (including phenoxy) is 2. The molecule has 100 valence electrons. The smallest absolute Gasteiger partial charge is 0.321 e. The van der Waals surface area contributed by atoms with Crippen molar-refractivity contribution in [1.82, 2.24) is 10.1 Å². The molecule has 0 amide bonds. The zero-order valence-corrected chi connectivity index (χ0v) is 10.6. The van der Waals surface area contributed by atoms with Crippen molar-refractivity contribution < 1.29 is 14.0 Å². The number of fused-ring (bicyclic) bond motifs is 1. The van der Waals surface area contributed by atoms with Gasteiger partial charge in [-0.15, -0.1) is 0 Å². The van der Waals surface area contributed by atoms with Crippen LogP contribution < -0.4 is 14.8 Å². The molecule has 19 heavy (non-hydrogen) atoms. The first-order chi connectivity index (χ1) is 9.36. The van der Waals surface area contributed by atoms with Crippen LogP contribution in [0.25, 0.3) is 0 Å². The van der Waals surface area contributed by atoms with Gasteiger partial charge in [0, 0.05) is 6.54 Å². The van der Waals surface area contributed by atoms with Crippen molar-refractivity contribution in [2.75, 3.05) is 18.5 Å². The number of nitrogens with one attached hydrogen (secondary N) is 1. The van der Waals surface area contributed by atoms with Gasteiger partial charge in [-0.3, -0.25) is 0 Å². The Morgan fingerprint density at radius 2 is 2.16 bits per heavy atom. The maximum atomic E-state index is 5.80. The summed E-state index contributed by atoms with van der Waals surface area (Å²) in [5, 5.41) is 6.95. The molecule has 1 aliphatic heterocycles. The Kier molecular flexibility index (Phi) is 3.22. The minimum Gasteiger partial charge on any atom is -0.485 e. The lowest BCUT2D eigenvalue weighted by molar-refractivity contribution is 0.0832. The molecule has 0 radical (unpaired) electrons. The second-order valence-electron chi connectivity index (χ2n) is 4.25. The molecule has 1 unspecified atom stereocenters. The van der Waals surface area contributed by atoms with E-state index < -0.39 is 0 Å². The molecule has 0 saturated carbocycles. The van der Waals surface area contributed by atoms with Gasteiger partial charge in [0.25, 0.3) is 0 Å². The van der Waals surface area contributed by atoms with Crippen molar-refractivity contribution in [2.45, 2.75) is 19.4 Å². The van der Waals surface area contributed by atoms with E-state index in [0.717, 1.165) is 18.7 Å². The number of para-hydroxylation sites is 2. The van der Waals surface area contributed by atoms with Crippen molar-refractivity contribution in [2.24, 2.45) is 0 Å². The topological polar surface area (TPSA) is 69.4 Å². The third-order valence-electron chi connectivity index (χ3n) is 2.76. The van der Waals surface area contributed by atoms with Crippen molar-refractivity contribution in [3.05, 3.63) is 30.1 Å². The molecule has 0 bridgehead atoms. The average molecular weight is 261 g/mol. The summed E-state index contributed by atoms with van der Waals surface area (Å²) in [5.74, 6) is 1.94. The molecule has 1 aromatic heterocycles. The molecule has 2 heterocycles. The first kappa shape index (κ1) is 11.8. The molecule has 6 heteroatoms. The van der Waals surface area contributed by atoms with E-state index in [-0.39, 0.29) is 6.10 Å². The Morgan fingerprint density at radius 3 is 3.00 bits per heavy atom. The number of hydrogen-bond donors (Lipinski definition) is 1. The fourth-order valence-electron chi connectivity index (χ4n) is 1.82. The van der Waals surface area contributed by atoms with Gasteiger partial charge in [-0.1, -0.05) is 24.2 Å². The van der Waals surface area contributed by atoms with Gasteiger partial charge in [-0.05, 0) is 18.6 Å². The lowest BCUT2D eigenvalue weighted by Gasteiger charge is -2.24. The number of benzene rings is 1. The molecule has 0 aliphatic carbocycles. The lowest BCUT2D eigenvalue weighted by Crippen LogP contribution is -2.22. The number of anilines is 1. The molecule has 0 saturated heterocycles. The minimum atomic E-state index is -0.337. The monoisotopic (exact) mass is 261 g/mol. The number of aromatic nitrogens is 2. The zero-order valence-electron chi connectivity index (χ0n) is 10.6. The van der Waals surface area contributed by atoms with Crippen LogP contribution in [0.15, 0.2) is 28.8 Å². The second kappa shape index (κ2) is 5.17. The summed E-state index contributed by atoms with van der Waals surface area (Å²) >= 11 is 0. The number of hydrogen-bond acceptors (Lipinski definition) is 6. The van der Waals surface area contributed by atoms with Gasteiger partial charge in [-0.2, -0.15) is 4.98 Å². The quantitative estimate of drug-likeness (QED) is 0.911. The lowest BCUT2D eigenvalue weighted by atomic mass is 10.2. The molecular formula is C13H15N3O3. The summed E-state index contributed by atoms with van der Waals surface area (Å²) in [6, 6.07) is 7.95. The standard InChI is InChI=1S/C13H15N3O3/c1-2-7-14-13-15-12(16-19-13)11-8-17-9-5-3-4-6-10(9)18-11/h3-6,11H,2,7-8H2,1H3,(H,14,15,16). The zero-order chi connectivity index (χ0) is 13.1. The van der Waals surface area contributed by atoms with Crippen molar-refractivity contribution in [1.29, 1.82) is 0 Å². The Balaban J connectivity index is 1.72. The van der Waals surface area contributed by atoms with E-state index in [4.69, 9.17) is 14.0 Å². The summed E-state index contributed by atoms with van der Waals surface area (Å²) < 4.78 is 16.5. The van der Waals surface area contributed by atoms with Gasteiger partial charge in [0.15, 0.2) is 17.6 Å². The highest BCUT2D eigenvalue weighted by molar-refractivity contribution is 5.41. The summed E-state index contributed by atoms with van der Waals surface area (Å²) in [7, 11) is 0. The van der Waals surface area contributed by atoms with E-state index in [1.807, 2.05) is 24.3 Å². The molecule has 6 nitrogen and oxygen atoms in total. The SMILES string of the molecule is CCCNc1nc(C2COc3ccccc3O2)no1. The highest BCUT2D eigenvalue weighted by Crippen LogP contribution is 2.35. The minimum absolute atomic E-state index is 0.337. The largest absolute Gasteiger partial charge is 0.485 e. The molecule has 3 rings (SSSR count). The van der Waals surface area contributed by atoms with Gasteiger partial charge in [0.2, 0.25) is 5.82 Å². The van der Waals surface area contributed by atoms with Crippen LogP contribution in [0, 0.1) is 0 Å². The highest BCUT2D eigenvalue weighted by atomic mass is 16.6. The first-order valence-corrected chi connectivity index (χ1v) is 6.33. The summed E-state index contributed by atoms with van der Waals surface area (Å²) in [5.41, 5.74) is 0. The van der Waals surface area contributed by atoms with Crippen LogP contribution in [0.3, 0.4) is 0 Å². The van der Waals surface area contributed by atoms with Gasteiger partial charge in [-0.25, -0.2) is 0 Å². The van der Waals surface area contributed by atoms with Crippen molar-refractivity contribution in [3.63, 3.8) is 0 Å². The second-order valence-corrected chi connectivity index (χ2v) is 4.25. The third-order valence-corrected chi connectivity index (χ3v) is 2.76. The van der Waals surface area contributed by atoms with E-state index in [0.29, 0.717) is 24.2 Å². The Hall–Kier alpha value is -2.24. The fourth-order valence-corrected chi connectivity index (χ4v) is 1.82. The number of rotatable bonds is 4. The number of nitrogens with zero attached hydrogens (tertiary/aromatic N) is 2. The molecular weight excluding hydrogens is 246 g/mol. The van der Waals surface area contributed by atoms with Gasteiger partial charge in [0.1, 0.15) is 6.61 Å². The molecule has 0 spiro atoms. The molecule has 2 aromatic rings. The van der Waals surface area contributed by atoms with E-state index >= 15 is 0 Å². The van der Waals surface area contributed by atoms with Crippen LogP contribution in [0.5, 0.6) is 11.5 Å². The van der Waals surface area contributed by atoms with Crippen molar-refractivity contribution >= 4 is 6.01 Å². The molecule has 0 fully saturated rings. The Morgan fingerprint density at radius 1 is 1.32 bits per heavy atom. The van der Waals surface area contributed by atoms with E-state index in [2.05, 4.69) is 22.4 Å². The van der Waals surface area contributed by atoms with E-state index in [9.17, 15) is 0 Å². The first-order valence-electron chi connectivity index (χ1n) is 6.33. The van der Waals surface area contributed by atoms with Gasteiger partial charge < -0.3 is 19.3 Å². The van der Waals surface area contributed by atoms with Crippen LogP contribution in [-0.2, 0) is 0 Å². The normalized spacial score (nSPS) is 17.2. The van der Waals surface area contributed by atoms with Gasteiger partial charge in [0.05, 0.1) is 0 Å². The molecule has 1 aromatic carbocycles. The molecule has 1 N–H and O–H groups in total. The summed E-state index contributed by atoms with van der Waals surface area (Å²) in [6.45, 7) is 3.25. The maximum absolute atomic E-state index is 5.80. The molecule has 1 atom stereocenters. The average Bonchev–Trinajstić information content (AvgIpc) is 2.93. The fraction of sp³-hybridized carbons (Fsp3) is 0.385. The Labute approximate surface area is 110 Å². The predicted molar refractivity (Wildman–Crippen MR) is 68.4 cm³/mol. The van der Waals surface area contributed by atoms with Crippen LogP contribution >= 0.6 is 0 Å². The van der Waals surface area contributed by atoms with E-state index in [1.165, 1.54) is 0 Å². The van der Waals surface area contributed by atoms with Crippen LogP contribution in [-0.4, -0.2) is 23.3 Å². The van der Waals surface area contributed by atoms with E-state index in [1.54, 1.807) is 0 Å². The molecule has 1 aliphatic rings. The predicted octanol–water partition coefficient (Wildman–Crippen LogP) is 2.40. The van der Waals surface area contributed by atoms with Crippen molar-refractivity contribution in [3.8, 4) is 11.5 Å². The van der Waals surface area contributed by atoms with Crippen LogP contribution in [0.2, 0.25) is 0 Å². The maximum Gasteiger partial charge on any atom is 0.321 e. The summed E-state index contributed by atoms with van der Waals surface area (Å²) in [6.07, 6.45) is 0.657. The van der Waals surface area contributed by atoms with Crippen LogP contribution in [0.4, 0.5) is 6.01 Å². The highest BCUT2D eigenvalue weighted by Gasteiger charge is 2.26. The summed E-state index contributed by atoms with van der Waals surface area (Å²) in [4.78, 5) is 4.25. The van der Waals surface area contributed by atoms with Gasteiger partial charge >= 0.3 is 6.01 Å². The Bertz CT molecular complexity index is 556. The third kappa shape index (κ3) is 2.47.